The molecule has 1 unspecified atom stereocenters. The molecule has 0 saturated carbocycles. The lowest BCUT2D eigenvalue weighted by Gasteiger charge is -2.26. The first kappa shape index (κ1) is 20.2. The average molecular weight is 384 g/mol. The van der Waals surface area contributed by atoms with Gasteiger partial charge in [-0.2, -0.15) is 0 Å². The lowest BCUT2D eigenvalue weighted by atomic mass is 9.98. The number of rotatable bonds is 7. The molecule has 0 fully saturated rings. The van der Waals surface area contributed by atoms with Crippen LogP contribution in [0.25, 0.3) is 0 Å². The standard InChI is InChI=1S/C23H30N2O3/c1-5-27-21-12-18-9-10-25(14-19(18)13-22(21)28-6-2)15-23(26)24-20-8-7-16(3)17(4)11-20/h7-8,11-13H,5-6,9-10,14-15H2,1-4H3,(H,24,26)/p+1. The number of anilines is 1. The quantitative estimate of drug-likeness (QED) is 0.773. The molecule has 1 amide bonds. The highest BCUT2D eigenvalue weighted by molar-refractivity contribution is 5.91. The second kappa shape index (κ2) is 9.11. The lowest BCUT2D eigenvalue weighted by molar-refractivity contribution is -0.907. The molecule has 28 heavy (non-hydrogen) atoms. The van der Waals surface area contributed by atoms with Gasteiger partial charge in [0.05, 0.1) is 19.8 Å². The zero-order valence-corrected chi connectivity index (χ0v) is 17.4. The van der Waals surface area contributed by atoms with Gasteiger partial charge in [-0.05, 0) is 68.7 Å². The maximum Gasteiger partial charge on any atom is 0.279 e. The Morgan fingerprint density at radius 3 is 2.32 bits per heavy atom. The Balaban J connectivity index is 1.66. The molecule has 3 rings (SSSR count). The van der Waals surface area contributed by atoms with Gasteiger partial charge >= 0.3 is 0 Å². The maximum atomic E-state index is 12.5. The Morgan fingerprint density at radius 2 is 1.68 bits per heavy atom. The monoisotopic (exact) mass is 383 g/mol. The van der Waals surface area contributed by atoms with E-state index in [0.29, 0.717) is 19.8 Å². The molecule has 0 bridgehead atoms. The first-order chi connectivity index (χ1) is 13.5. The van der Waals surface area contributed by atoms with Crippen LogP contribution in [-0.4, -0.2) is 32.2 Å². The Hall–Kier alpha value is -2.53. The molecule has 2 aromatic carbocycles. The summed E-state index contributed by atoms with van der Waals surface area (Å²) >= 11 is 0. The van der Waals surface area contributed by atoms with Crippen LogP contribution in [-0.2, 0) is 17.8 Å². The third-order valence-corrected chi connectivity index (χ3v) is 5.26. The summed E-state index contributed by atoms with van der Waals surface area (Å²) in [5, 5.41) is 3.03. The lowest BCUT2D eigenvalue weighted by Crippen LogP contribution is -3.12. The minimum Gasteiger partial charge on any atom is -0.490 e. The largest absolute Gasteiger partial charge is 0.490 e. The molecule has 1 atom stereocenters. The van der Waals surface area contributed by atoms with Gasteiger partial charge in [-0.1, -0.05) is 6.07 Å². The molecule has 0 radical (unpaired) electrons. The molecule has 0 spiro atoms. The van der Waals surface area contributed by atoms with E-state index >= 15 is 0 Å². The van der Waals surface area contributed by atoms with E-state index in [4.69, 9.17) is 9.47 Å². The summed E-state index contributed by atoms with van der Waals surface area (Å²) in [6.45, 7) is 11.5. The van der Waals surface area contributed by atoms with Gasteiger partial charge < -0.3 is 19.7 Å². The molecule has 5 nitrogen and oxygen atoms in total. The predicted octanol–water partition coefficient (Wildman–Crippen LogP) is 2.68. The van der Waals surface area contributed by atoms with Gasteiger partial charge in [-0.3, -0.25) is 4.79 Å². The first-order valence-electron chi connectivity index (χ1n) is 10.1. The minimum absolute atomic E-state index is 0.0534. The van der Waals surface area contributed by atoms with Gasteiger partial charge in [-0.25, -0.2) is 0 Å². The van der Waals surface area contributed by atoms with Crippen LogP contribution in [0.2, 0.25) is 0 Å². The fourth-order valence-corrected chi connectivity index (χ4v) is 3.65. The van der Waals surface area contributed by atoms with Crippen molar-refractivity contribution in [1.29, 1.82) is 0 Å². The van der Waals surface area contributed by atoms with Gasteiger partial charge in [0.25, 0.3) is 5.91 Å². The summed E-state index contributed by atoms with van der Waals surface area (Å²) in [6, 6.07) is 10.2. The van der Waals surface area contributed by atoms with Gasteiger partial charge in [0.1, 0.15) is 6.54 Å². The van der Waals surface area contributed by atoms with Crippen LogP contribution in [0, 0.1) is 13.8 Å². The Kier molecular flexibility index (Phi) is 6.57. The number of quaternary nitrogens is 1. The van der Waals surface area contributed by atoms with Crippen molar-refractivity contribution in [2.75, 3.05) is 31.6 Å². The van der Waals surface area contributed by atoms with E-state index in [9.17, 15) is 4.79 Å². The van der Waals surface area contributed by atoms with Crippen molar-refractivity contribution in [3.05, 3.63) is 52.6 Å². The Morgan fingerprint density at radius 1 is 1.00 bits per heavy atom. The number of carbonyl (C=O) groups excluding carboxylic acids is 1. The molecule has 5 heteroatoms. The molecule has 1 heterocycles. The topological polar surface area (TPSA) is 52.0 Å². The highest BCUT2D eigenvalue weighted by Crippen LogP contribution is 2.32. The van der Waals surface area contributed by atoms with Crippen molar-refractivity contribution in [3.8, 4) is 11.5 Å². The van der Waals surface area contributed by atoms with Crippen LogP contribution < -0.4 is 19.7 Å². The third-order valence-electron chi connectivity index (χ3n) is 5.26. The fourth-order valence-electron chi connectivity index (χ4n) is 3.65. The van der Waals surface area contributed by atoms with Gasteiger partial charge in [-0.15, -0.1) is 0 Å². The molecule has 2 aromatic rings. The fraction of sp³-hybridized carbons (Fsp3) is 0.435. The van der Waals surface area contributed by atoms with Crippen molar-refractivity contribution in [2.24, 2.45) is 0 Å². The van der Waals surface area contributed by atoms with E-state index < -0.39 is 0 Å². The Bertz CT molecular complexity index is 848. The van der Waals surface area contributed by atoms with Crippen LogP contribution in [0.1, 0.15) is 36.1 Å². The van der Waals surface area contributed by atoms with Crippen molar-refractivity contribution >= 4 is 11.6 Å². The molecule has 0 aliphatic carbocycles. The summed E-state index contributed by atoms with van der Waals surface area (Å²) in [6.07, 6.45) is 0.939. The zero-order chi connectivity index (χ0) is 20.1. The predicted molar refractivity (Wildman–Crippen MR) is 111 cm³/mol. The Labute approximate surface area is 167 Å². The van der Waals surface area contributed by atoms with Gasteiger partial charge in [0.2, 0.25) is 0 Å². The molecule has 150 valence electrons. The second-order valence-corrected chi connectivity index (χ2v) is 7.38. The second-order valence-electron chi connectivity index (χ2n) is 7.38. The number of fused-ring (bicyclic) bond motifs is 1. The number of hydrogen-bond acceptors (Lipinski definition) is 3. The molecule has 0 aromatic heterocycles. The van der Waals surface area contributed by atoms with Crippen LogP contribution in [0.4, 0.5) is 5.69 Å². The SMILES string of the molecule is CCOc1cc2c(cc1OCC)C[NH+](CC(=O)Nc1ccc(C)c(C)c1)CC2. The number of aryl methyl sites for hydroxylation is 2. The van der Waals surface area contributed by atoms with E-state index in [1.54, 1.807) is 0 Å². The summed E-state index contributed by atoms with van der Waals surface area (Å²) in [7, 11) is 0. The average Bonchev–Trinajstić information content (AvgIpc) is 2.66. The summed E-state index contributed by atoms with van der Waals surface area (Å²) in [5.41, 5.74) is 5.82. The molecule has 0 saturated heterocycles. The van der Waals surface area contributed by atoms with Gasteiger partial charge in [0.15, 0.2) is 18.0 Å². The molecule has 1 aliphatic heterocycles. The van der Waals surface area contributed by atoms with E-state index in [1.807, 2.05) is 32.0 Å². The third kappa shape index (κ3) is 4.84. The number of benzene rings is 2. The zero-order valence-electron chi connectivity index (χ0n) is 17.4. The summed E-state index contributed by atoms with van der Waals surface area (Å²) in [4.78, 5) is 13.8. The number of carbonyl (C=O) groups is 1. The van der Waals surface area contributed by atoms with Crippen LogP contribution in [0.5, 0.6) is 11.5 Å². The minimum atomic E-state index is 0.0534. The van der Waals surface area contributed by atoms with Crippen LogP contribution in [0.15, 0.2) is 30.3 Å². The van der Waals surface area contributed by atoms with Gasteiger partial charge in [0, 0.05) is 17.7 Å². The summed E-state index contributed by atoms with van der Waals surface area (Å²) < 4.78 is 11.5. The number of ether oxygens (including phenoxy) is 2. The highest BCUT2D eigenvalue weighted by atomic mass is 16.5. The number of hydrogen-bond donors (Lipinski definition) is 2. The maximum absolute atomic E-state index is 12.5. The van der Waals surface area contributed by atoms with E-state index in [-0.39, 0.29) is 5.91 Å². The molecule has 1 aliphatic rings. The van der Waals surface area contributed by atoms with E-state index in [1.165, 1.54) is 27.2 Å². The molecule has 2 N–H and O–H groups in total. The number of amides is 1. The smallest absolute Gasteiger partial charge is 0.279 e. The van der Waals surface area contributed by atoms with Crippen molar-refractivity contribution in [1.82, 2.24) is 0 Å². The molecular formula is C23H31N2O3+. The van der Waals surface area contributed by atoms with Crippen LogP contribution in [0.3, 0.4) is 0 Å². The normalized spacial score (nSPS) is 15.6. The van der Waals surface area contributed by atoms with Crippen molar-refractivity contribution in [2.45, 2.75) is 40.7 Å². The highest BCUT2D eigenvalue weighted by Gasteiger charge is 2.24. The first-order valence-corrected chi connectivity index (χ1v) is 10.1. The van der Waals surface area contributed by atoms with Crippen molar-refractivity contribution < 1.29 is 19.2 Å². The van der Waals surface area contributed by atoms with Crippen LogP contribution >= 0.6 is 0 Å². The summed E-state index contributed by atoms with van der Waals surface area (Å²) in [5.74, 6) is 1.67. The molecular weight excluding hydrogens is 352 g/mol. The van der Waals surface area contributed by atoms with E-state index in [2.05, 4.69) is 31.3 Å². The van der Waals surface area contributed by atoms with E-state index in [0.717, 1.165) is 36.7 Å². The van der Waals surface area contributed by atoms with Crippen molar-refractivity contribution in [3.63, 3.8) is 0 Å². The number of nitrogens with one attached hydrogen (secondary N) is 2.